The van der Waals surface area contributed by atoms with Gasteiger partial charge in [0.25, 0.3) is 0 Å². The van der Waals surface area contributed by atoms with Gasteiger partial charge in [-0.05, 0) is 56.2 Å². The molecule has 35 heavy (non-hydrogen) atoms. The zero-order valence-corrected chi connectivity index (χ0v) is 18.9. The number of nitrogens with one attached hydrogen (secondary N) is 1. The van der Waals surface area contributed by atoms with Crippen LogP contribution in [0.3, 0.4) is 0 Å². The Morgan fingerprint density at radius 2 is 1.69 bits per heavy atom. The maximum absolute atomic E-state index is 14.9. The Balaban J connectivity index is 1.88. The van der Waals surface area contributed by atoms with Crippen LogP contribution >= 0.6 is 0 Å². The lowest BCUT2D eigenvalue weighted by atomic mass is 9.90. The topological polar surface area (TPSA) is 43.3 Å². The van der Waals surface area contributed by atoms with Crippen molar-refractivity contribution in [1.29, 1.82) is 0 Å². The average Bonchev–Trinajstić information content (AvgIpc) is 3.06. The van der Waals surface area contributed by atoms with Crippen LogP contribution in [0.5, 0.6) is 0 Å². The van der Waals surface area contributed by atoms with E-state index in [1.807, 2.05) is 13.8 Å². The second-order valence-corrected chi connectivity index (χ2v) is 9.01. The lowest BCUT2D eigenvalue weighted by molar-refractivity contribution is -0.143. The summed E-state index contributed by atoms with van der Waals surface area (Å²) >= 11 is 0. The first-order valence-electron chi connectivity index (χ1n) is 10.7. The normalized spacial score (nSPS) is 17.9. The third-order valence-electron chi connectivity index (χ3n) is 5.87. The zero-order valence-electron chi connectivity index (χ0n) is 18.9. The number of ether oxygens (including phenoxy) is 1. The monoisotopic (exact) mass is 502 g/mol. The molecule has 11 heteroatoms. The third-order valence-corrected chi connectivity index (χ3v) is 5.87. The minimum Gasteiger partial charge on any atom is -0.366 e. The molecule has 1 N–H and O–H groups in total. The third kappa shape index (κ3) is 4.61. The Morgan fingerprint density at radius 1 is 1.09 bits per heavy atom. The number of alkyl halides is 6. The van der Waals surface area contributed by atoms with Gasteiger partial charge in [-0.3, -0.25) is 4.57 Å². The molecule has 4 rings (SSSR count). The van der Waals surface area contributed by atoms with Crippen LogP contribution in [-0.4, -0.2) is 16.2 Å². The highest BCUT2D eigenvalue weighted by atomic mass is 19.4. The highest BCUT2D eigenvalue weighted by molar-refractivity contribution is 6.01. The summed E-state index contributed by atoms with van der Waals surface area (Å²) in [5.41, 5.74) is -3.56. The molecule has 3 aromatic rings. The molecule has 0 spiro atoms. The Hall–Kier alpha value is -3.08. The SMILES string of the molecule is CCC1OC(C)(C)Cc2c1n(C(=O)Nc1cc(C(F)(F)F)cc(C(F)(F)F)c1)c1cccc(F)c21. The first-order valence-corrected chi connectivity index (χ1v) is 10.7. The summed E-state index contributed by atoms with van der Waals surface area (Å²) in [7, 11) is 0. The number of benzene rings is 2. The molecule has 0 bridgehead atoms. The van der Waals surface area contributed by atoms with Crippen LogP contribution < -0.4 is 5.32 Å². The lowest BCUT2D eigenvalue weighted by Crippen LogP contribution is -2.36. The largest absolute Gasteiger partial charge is 0.416 e. The minimum atomic E-state index is -5.07. The molecule has 0 saturated heterocycles. The molecule has 1 amide bonds. The molecule has 2 aromatic carbocycles. The fourth-order valence-electron chi connectivity index (χ4n) is 4.52. The number of hydrogen-bond acceptors (Lipinski definition) is 2. The van der Waals surface area contributed by atoms with Gasteiger partial charge in [0.05, 0.1) is 34.0 Å². The molecule has 1 atom stereocenters. The zero-order chi connectivity index (χ0) is 25.9. The maximum Gasteiger partial charge on any atom is 0.416 e. The fraction of sp³-hybridized carbons (Fsp3) is 0.375. The molecular formula is C24H21F7N2O2. The quantitative estimate of drug-likeness (QED) is 0.365. The molecule has 1 unspecified atom stereocenters. The molecule has 1 aromatic heterocycles. The maximum atomic E-state index is 14.9. The first kappa shape index (κ1) is 25.0. The lowest BCUT2D eigenvalue weighted by Gasteiger charge is -2.36. The number of amides is 1. The van der Waals surface area contributed by atoms with Crippen molar-refractivity contribution in [2.24, 2.45) is 0 Å². The molecule has 1 aliphatic heterocycles. The number of rotatable bonds is 2. The van der Waals surface area contributed by atoms with Crippen LogP contribution in [0.2, 0.25) is 0 Å². The predicted octanol–water partition coefficient (Wildman–Crippen LogP) is 7.70. The Morgan fingerprint density at radius 3 is 2.23 bits per heavy atom. The van der Waals surface area contributed by atoms with Gasteiger partial charge in [-0.2, -0.15) is 26.3 Å². The Bertz CT molecular complexity index is 1270. The minimum absolute atomic E-state index is 0.0268. The molecule has 1 aliphatic rings. The second-order valence-electron chi connectivity index (χ2n) is 9.01. The van der Waals surface area contributed by atoms with Gasteiger partial charge in [0.2, 0.25) is 0 Å². The summed E-state index contributed by atoms with van der Waals surface area (Å²) in [5.74, 6) is -0.601. The summed E-state index contributed by atoms with van der Waals surface area (Å²) in [6, 6.07) is 3.83. The molecule has 0 radical (unpaired) electrons. The Labute approximate surface area is 195 Å². The predicted molar refractivity (Wildman–Crippen MR) is 115 cm³/mol. The van der Waals surface area contributed by atoms with Crippen LogP contribution in [0.4, 0.5) is 41.2 Å². The summed E-state index contributed by atoms with van der Waals surface area (Å²) in [6.07, 6.45) is -10.2. The highest BCUT2D eigenvalue weighted by Crippen LogP contribution is 2.44. The second kappa shape index (κ2) is 8.25. The van der Waals surface area contributed by atoms with Crippen molar-refractivity contribution in [1.82, 2.24) is 4.57 Å². The van der Waals surface area contributed by atoms with E-state index in [1.165, 1.54) is 18.2 Å². The molecule has 0 fully saturated rings. The number of aromatic nitrogens is 1. The molecule has 0 aliphatic carbocycles. The van der Waals surface area contributed by atoms with E-state index in [2.05, 4.69) is 5.32 Å². The molecule has 0 saturated carbocycles. The first-order chi connectivity index (χ1) is 16.1. The van der Waals surface area contributed by atoms with E-state index in [0.29, 0.717) is 29.8 Å². The van der Waals surface area contributed by atoms with Crippen LogP contribution in [0.1, 0.15) is 55.7 Å². The smallest absolute Gasteiger partial charge is 0.366 e. The molecule has 2 heterocycles. The van der Waals surface area contributed by atoms with Crippen molar-refractivity contribution < 1.29 is 40.3 Å². The van der Waals surface area contributed by atoms with Crippen molar-refractivity contribution in [2.75, 3.05) is 5.32 Å². The average molecular weight is 502 g/mol. The van der Waals surface area contributed by atoms with Gasteiger partial charge < -0.3 is 10.1 Å². The number of fused-ring (bicyclic) bond motifs is 3. The van der Waals surface area contributed by atoms with E-state index in [4.69, 9.17) is 4.74 Å². The highest BCUT2D eigenvalue weighted by Gasteiger charge is 2.40. The van der Waals surface area contributed by atoms with E-state index in [0.717, 1.165) is 4.57 Å². The standard InChI is InChI=1S/C24H21F7N2O2/c1-4-18-20-15(11-22(2,3)35-18)19-16(25)6-5-7-17(19)33(20)21(34)32-14-9-12(23(26,27)28)8-13(10-14)24(29,30)31/h5-10,18H,4,11H2,1-3H3,(H,32,34). The summed E-state index contributed by atoms with van der Waals surface area (Å²) in [5, 5.41) is 2.30. The van der Waals surface area contributed by atoms with Crippen LogP contribution in [-0.2, 0) is 23.5 Å². The van der Waals surface area contributed by atoms with Gasteiger partial charge in [0.15, 0.2) is 0 Å². The van der Waals surface area contributed by atoms with Crippen molar-refractivity contribution in [3.63, 3.8) is 0 Å². The van der Waals surface area contributed by atoms with E-state index in [-0.39, 0.29) is 23.4 Å². The van der Waals surface area contributed by atoms with E-state index in [1.54, 1.807) is 6.92 Å². The molecular weight excluding hydrogens is 481 g/mol. The van der Waals surface area contributed by atoms with Gasteiger partial charge in [-0.25, -0.2) is 9.18 Å². The van der Waals surface area contributed by atoms with E-state index in [9.17, 15) is 35.5 Å². The van der Waals surface area contributed by atoms with Crippen molar-refractivity contribution >= 4 is 22.6 Å². The van der Waals surface area contributed by atoms with Crippen LogP contribution in [0.25, 0.3) is 10.9 Å². The fourth-order valence-corrected chi connectivity index (χ4v) is 4.52. The number of halogens is 7. The van der Waals surface area contributed by atoms with Gasteiger partial charge >= 0.3 is 18.4 Å². The van der Waals surface area contributed by atoms with Crippen molar-refractivity contribution in [3.8, 4) is 0 Å². The molecule has 4 nitrogen and oxygen atoms in total. The van der Waals surface area contributed by atoms with E-state index >= 15 is 0 Å². The van der Waals surface area contributed by atoms with Gasteiger partial charge in [0.1, 0.15) is 5.82 Å². The number of hydrogen-bond donors (Lipinski definition) is 1. The summed E-state index contributed by atoms with van der Waals surface area (Å²) in [4.78, 5) is 13.3. The van der Waals surface area contributed by atoms with Crippen LogP contribution in [0, 0.1) is 5.82 Å². The van der Waals surface area contributed by atoms with Gasteiger partial charge in [-0.15, -0.1) is 0 Å². The number of nitrogens with zero attached hydrogens (tertiary/aromatic N) is 1. The van der Waals surface area contributed by atoms with Crippen molar-refractivity contribution in [2.45, 2.75) is 57.7 Å². The summed E-state index contributed by atoms with van der Waals surface area (Å²) < 4.78 is 102. The molecule has 188 valence electrons. The van der Waals surface area contributed by atoms with Crippen LogP contribution in [0.15, 0.2) is 36.4 Å². The Kier molecular flexibility index (Phi) is 5.90. The summed E-state index contributed by atoms with van der Waals surface area (Å²) in [6.45, 7) is 5.41. The van der Waals surface area contributed by atoms with E-state index < -0.39 is 52.7 Å². The van der Waals surface area contributed by atoms with Crippen molar-refractivity contribution in [3.05, 3.63) is 64.6 Å². The number of carbonyl (C=O) groups excluding carboxylic acids is 1. The van der Waals surface area contributed by atoms with Gasteiger partial charge in [-0.1, -0.05) is 13.0 Å². The number of carbonyl (C=O) groups is 1. The van der Waals surface area contributed by atoms with Gasteiger partial charge in [0, 0.05) is 17.5 Å². The number of anilines is 1.